The Bertz CT molecular complexity index is 544. The van der Waals surface area contributed by atoms with E-state index in [0.717, 1.165) is 18.6 Å². The number of aryl methyl sites for hydroxylation is 1. The number of nitrogens with zero attached hydrogens (tertiary/aromatic N) is 1. The molecular formula is C18H24N2O. The van der Waals surface area contributed by atoms with E-state index in [1.807, 2.05) is 12.1 Å². The summed E-state index contributed by atoms with van der Waals surface area (Å²) in [6, 6.07) is 13.2. The van der Waals surface area contributed by atoms with Crippen LogP contribution in [0.4, 0.5) is 11.4 Å². The maximum absolute atomic E-state index is 5.39. The first kappa shape index (κ1) is 14.1. The summed E-state index contributed by atoms with van der Waals surface area (Å²) in [5.41, 5.74) is 2.56. The normalized spacial score (nSPS) is 16.1. The molecule has 21 heavy (non-hydrogen) atoms. The van der Waals surface area contributed by atoms with E-state index < -0.39 is 0 Å². The lowest BCUT2D eigenvalue weighted by molar-refractivity contribution is 0.495. The molecule has 0 aliphatic carbocycles. The first-order valence-corrected chi connectivity index (χ1v) is 7.95. The number of furan rings is 1. The molecule has 2 aromatic rings. The molecule has 0 bridgehead atoms. The van der Waals surface area contributed by atoms with Crippen LogP contribution >= 0.6 is 0 Å². The fourth-order valence-electron chi connectivity index (χ4n) is 2.94. The highest BCUT2D eigenvalue weighted by molar-refractivity contribution is 5.58. The smallest absolute Gasteiger partial charge is 0.103 e. The van der Waals surface area contributed by atoms with Crippen LogP contribution < -0.4 is 10.2 Å². The van der Waals surface area contributed by atoms with E-state index in [0.29, 0.717) is 6.04 Å². The molecule has 3 rings (SSSR count). The predicted molar refractivity (Wildman–Crippen MR) is 88.0 cm³/mol. The third-order valence-corrected chi connectivity index (χ3v) is 4.13. The van der Waals surface area contributed by atoms with Crippen molar-refractivity contribution >= 4 is 11.4 Å². The van der Waals surface area contributed by atoms with Crippen LogP contribution in [0.15, 0.2) is 47.1 Å². The third-order valence-electron chi connectivity index (χ3n) is 4.13. The Hall–Kier alpha value is -1.90. The zero-order valence-electron chi connectivity index (χ0n) is 12.7. The van der Waals surface area contributed by atoms with Crippen LogP contribution in [0.5, 0.6) is 0 Å². The number of anilines is 2. The Labute approximate surface area is 127 Å². The molecule has 0 saturated carbocycles. The lowest BCUT2D eigenvalue weighted by atomic mass is 10.1. The van der Waals surface area contributed by atoms with E-state index in [9.17, 15) is 0 Å². The summed E-state index contributed by atoms with van der Waals surface area (Å²) in [5, 5.41) is 3.60. The molecule has 1 N–H and O–H groups in total. The predicted octanol–water partition coefficient (Wildman–Crippen LogP) is 4.31. The average molecular weight is 284 g/mol. The van der Waals surface area contributed by atoms with Crippen molar-refractivity contribution in [1.29, 1.82) is 0 Å². The number of hydrogen-bond donors (Lipinski definition) is 1. The maximum atomic E-state index is 5.39. The summed E-state index contributed by atoms with van der Waals surface area (Å²) in [6.45, 7) is 4.61. The van der Waals surface area contributed by atoms with E-state index in [4.69, 9.17) is 4.42 Å². The second-order valence-electron chi connectivity index (χ2n) is 5.91. The van der Waals surface area contributed by atoms with Crippen LogP contribution in [-0.2, 0) is 6.42 Å². The molecule has 0 amide bonds. The zero-order valence-corrected chi connectivity index (χ0v) is 12.7. The zero-order chi connectivity index (χ0) is 14.5. The van der Waals surface area contributed by atoms with Crippen LogP contribution in [0.2, 0.25) is 0 Å². The van der Waals surface area contributed by atoms with Crippen molar-refractivity contribution < 1.29 is 4.42 Å². The second kappa shape index (κ2) is 6.70. The molecule has 3 heteroatoms. The molecule has 112 valence electrons. The monoisotopic (exact) mass is 284 g/mol. The number of benzene rings is 1. The van der Waals surface area contributed by atoms with Gasteiger partial charge in [0.1, 0.15) is 5.76 Å². The van der Waals surface area contributed by atoms with Crippen LogP contribution in [-0.4, -0.2) is 19.1 Å². The fourth-order valence-corrected chi connectivity index (χ4v) is 2.94. The molecule has 1 atom stereocenters. The molecule has 1 aliphatic rings. The van der Waals surface area contributed by atoms with Gasteiger partial charge in [-0.1, -0.05) is 6.07 Å². The highest BCUT2D eigenvalue weighted by Gasteiger charge is 2.12. The van der Waals surface area contributed by atoms with Crippen molar-refractivity contribution in [1.82, 2.24) is 0 Å². The lowest BCUT2D eigenvalue weighted by Crippen LogP contribution is -2.19. The third kappa shape index (κ3) is 3.81. The van der Waals surface area contributed by atoms with Crippen molar-refractivity contribution in [2.24, 2.45) is 0 Å². The largest absolute Gasteiger partial charge is 0.469 e. The van der Waals surface area contributed by atoms with Gasteiger partial charge in [-0.3, -0.25) is 0 Å². The lowest BCUT2D eigenvalue weighted by Gasteiger charge is -2.20. The molecule has 2 heterocycles. The molecule has 3 nitrogen and oxygen atoms in total. The standard InChI is InChI=1S/C18H24N2O/c1-15(9-10-18-8-5-13-21-18)19-16-6-4-7-17(14-16)20-11-2-3-12-20/h4-8,13-15,19H,2-3,9-12H2,1H3. The molecule has 1 unspecified atom stereocenters. The fraction of sp³-hybridized carbons (Fsp3) is 0.444. The van der Waals surface area contributed by atoms with Gasteiger partial charge in [0, 0.05) is 36.9 Å². The summed E-state index contributed by atoms with van der Waals surface area (Å²) in [5.74, 6) is 1.06. The van der Waals surface area contributed by atoms with Gasteiger partial charge >= 0.3 is 0 Å². The van der Waals surface area contributed by atoms with Crippen LogP contribution in [0.1, 0.15) is 31.9 Å². The Morgan fingerprint density at radius 2 is 2.05 bits per heavy atom. The first-order chi connectivity index (χ1) is 10.3. The van der Waals surface area contributed by atoms with E-state index in [1.54, 1.807) is 6.26 Å². The molecular weight excluding hydrogens is 260 g/mol. The average Bonchev–Trinajstić information content (AvgIpc) is 3.19. The highest BCUT2D eigenvalue weighted by Crippen LogP contribution is 2.24. The van der Waals surface area contributed by atoms with Crippen molar-refractivity contribution in [2.75, 3.05) is 23.3 Å². The van der Waals surface area contributed by atoms with E-state index in [2.05, 4.69) is 41.4 Å². The number of hydrogen-bond acceptors (Lipinski definition) is 3. The molecule has 0 spiro atoms. The van der Waals surface area contributed by atoms with Gasteiger partial charge in [-0.2, -0.15) is 0 Å². The van der Waals surface area contributed by atoms with Gasteiger partial charge in [0.05, 0.1) is 6.26 Å². The number of nitrogens with one attached hydrogen (secondary N) is 1. The van der Waals surface area contributed by atoms with Crippen LogP contribution in [0.25, 0.3) is 0 Å². The summed E-state index contributed by atoms with van der Waals surface area (Å²) in [4.78, 5) is 2.47. The molecule has 1 aromatic carbocycles. The van der Waals surface area contributed by atoms with Gasteiger partial charge in [-0.25, -0.2) is 0 Å². The van der Waals surface area contributed by atoms with Gasteiger partial charge < -0.3 is 14.6 Å². The Morgan fingerprint density at radius 3 is 2.81 bits per heavy atom. The van der Waals surface area contributed by atoms with Crippen LogP contribution in [0.3, 0.4) is 0 Å². The van der Waals surface area contributed by atoms with Gasteiger partial charge in [-0.05, 0) is 56.5 Å². The summed E-state index contributed by atoms with van der Waals surface area (Å²) in [6.07, 6.45) is 6.43. The molecule has 0 radical (unpaired) electrons. The van der Waals surface area contributed by atoms with Crippen molar-refractivity contribution in [3.63, 3.8) is 0 Å². The molecule has 1 aromatic heterocycles. The van der Waals surface area contributed by atoms with Gasteiger partial charge in [-0.15, -0.1) is 0 Å². The van der Waals surface area contributed by atoms with E-state index >= 15 is 0 Å². The molecule has 1 aliphatic heterocycles. The Balaban J connectivity index is 1.55. The minimum Gasteiger partial charge on any atom is -0.469 e. The highest BCUT2D eigenvalue weighted by atomic mass is 16.3. The Morgan fingerprint density at radius 1 is 1.19 bits per heavy atom. The van der Waals surface area contributed by atoms with E-state index in [1.165, 1.54) is 37.3 Å². The van der Waals surface area contributed by atoms with Gasteiger partial charge in [0.25, 0.3) is 0 Å². The van der Waals surface area contributed by atoms with Crippen molar-refractivity contribution in [3.05, 3.63) is 48.4 Å². The summed E-state index contributed by atoms with van der Waals surface area (Å²) < 4.78 is 5.39. The molecule has 1 fully saturated rings. The number of rotatable bonds is 6. The van der Waals surface area contributed by atoms with Gasteiger partial charge in [0.15, 0.2) is 0 Å². The van der Waals surface area contributed by atoms with Gasteiger partial charge in [0.2, 0.25) is 0 Å². The maximum Gasteiger partial charge on any atom is 0.103 e. The second-order valence-corrected chi connectivity index (χ2v) is 5.91. The molecule has 1 saturated heterocycles. The van der Waals surface area contributed by atoms with Crippen molar-refractivity contribution in [2.45, 2.75) is 38.6 Å². The van der Waals surface area contributed by atoms with Crippen LogP contribution in [0, 0.1) is 0 Å². The summed E-state index contributed by atoms with van der Waals surface area (Å²) in [7, 11) is 0. The quantitative estimate of drug-likeness (QED) is 0.856. The minimum absolute atomic E-state index is 0.434. The Kier molecular flexibility index (Phi) is 4.49. The first-order valence-electron chi connectivity index (χ1n) is 7.95. The SMILES string of the molecule is CC(CCc1ccco1)Nc1cccc(N2CCCC2)c1. The summed E-state index contributed by atoms with van der Waals surface area (Å²) >= 11 is 0. The van der Waals surface area contributed by atoms with Crippen molar-refractivity contribution in [3.8, 4) is 0 Å². The van der Waals surface area contributed by atoms with E-state index in [-0.39, 0.29) is 0 Å². The topological polar surface area (TPSA) is 28.4 Å². The minimum atomic E-state index is 0.434.